The topological polar surface area (TPSA) is 66.4 Å². The number of rotatable bonds is 7. The molecule has 0 radical (unpaired) electrons. The molecule has 5 heteroatoms. The van der Waals surface area contributed by atoms with Gasteiger partial charge in [0.15, 0.2) is 5.37 Å². The van der Waals surface area contributed by atoms with Crippen molar-refractivity contribution >= 4 is 34.4 Å². The lowest BCUT2D eigenvalue weighted by atomic mass is 10.1. The Bertz CT molecular complexity index is 672. The zero-order chi connectivity index (χ0) is 15.9. The molecule has 4 nitrogen and oxygen atoms in total. The highest BCUT2D eigenvalue weighted by Crippen LogP contribution is 2.17. The number of thioether (sulfide) groups is 1. The monoisotopic (exact) mass is 317 g/mol. The SMILES string of the molecule is CCCCSC(NC(=O)c1ccc2ccccc2c1)C(=O)O. The van der Waals surface area contributed by atoms with Crippen LogP contribution in [0.2, 0.25) is 0 Å². The molecular weight excluding hydrogens is 298 g/mol. The highest BCUT2D eigenvalue weighted by atomic mass is 32.2. The molecule has 0 aliphatic carbocycles. The van der Waals surface area contributed by atoms with Crippen LogP contribution in [0.4, 0.5) is 0 Å². The lowest BCUT2D eigenvalue weighted by Crippen LogP contribution is -2.38. The zero-order valence-corrected chi connectivity index (χ0v) is 13.2. The first kappa shape index (κ1) is 16.4. The Morgan fingerprint density at radius 3 is 2.59 bits per heavy atom. The van der Waals surface area contributed by atoms with Gasteiger partial charge in [0.2, 0.25) is 0 Å². The minimum atomic E-state index is -1.02. The van der Waals surface area contributed by atoms with Crippen molar-refractivity contribution in [2.45, 2.75) is 25.1 Å². The maximum absolute atomic E-state index is 12.2. The van der Waals surface area contributed by atoms with Crippen molar-refractivity contribution in [2.75, 3.05) is 5.75 Å². The Kier molecular flexibility index (Phi) is 5.83. The number of nitrogens with one attached hydrogen (secondary N) is 1. The first-order valence-electron chi connectivity index (χ1n) is 7.26. The molecule has 1 amide bonds. The molecular formula is C17H19NO3S. The molecule has 0 fully saturated rings. The summed E-state index contributed by atoms with van der Waals surface area (Å²) < 4.78 is 0. The molecule has 2 aromatic carbocycles. The van der Waals surface area contributed by atoms with Crippen LogP contribution in [-0.4, -0.2) is 28.1 Å². The van der Waals surface area contributed by atoms with E-state index < -0.39 is 11.3 Å². The van der Waals surface area contributed by atoms with E-state index in [4.69, 9.17) is 0 Å². The summed E-state index contributed by atoms with van der Waals surface area (Å²) in [5, 5.41) is 12.9. The van der Waals surface area contributed by atoms with E-state index in [2.05, 4.69) is 5.32 Å². The Balaban J connectivity index is 2.09. The largest absolute Gasteiger partial charge is 0.479 e. The molecule has 0 spiro atoms. The molecule has 0 heterocycles. The lowest BCUT2D eigenvalue weighted by molar-refractivity contribution is -0.136. The van der Waals surface area contributed by atoms with Crippen molar-refractivity contribution in [3.05, 3.63) is 48.0 Å². The Morgan fingerprint density at radius 1 is 1.18 bits per heavy atom. The molecule has 2 rings (SSSR count). The average molecular weight is 317 g/mol. The molecule has 1 unspecified atom stereocenters. The fourth-order valence-corrected chi connectivity index (χ4v) is 3.08. The van der Waals surface area contributed by atoms with Gasteiger partial charge < -0.3 is 10.4 Å². The van der Waals surface area contributed by atoms with Gasteiger partial charge in [0, 0.05) is 5.56 Å². The minimum absolute atomic E-state index is 0.359. The number of aliphatic carboxylic acids is 1. The van der Waals surface area contributed by atoms with E-state index in [1.54, 1.807) is 12.1 Å². The van der Waals surface area contributed by atoms with Crippen LogP contribution in [0.1, 0.15) is 30.1 Å². The van der Waals surface area contributed by atoms with Crippen molar-refractivity contribution < 1.29 is 14.7 Å². The average Bonchev–Trinajstić information content (AvgIpc) is 2.53. The standard InChI is InChI=1S/C17H19NO3S/c1-2-3-10-22-16(17(20)21)18-15(19)14-9-8-12-6-4-5-7-13(12)11-14/h4-9,11,16H,2-3,10H2,1H3,(H,18,19)(H,20,21). The summed E-state index contributed by atoms with van der Waals surface area (Å²) in [6.07, 6.45) is 1.93. The van der Waals surface area contributed by atoms with Crippen molar-refractivity contribution in [1.29, 1.82) is 0 Å². The smallest absolute Gasteiger partial charge is 0.336 e. The maximum atomic E-state index is 12.2. The van der Waals surface area contributed by atoms with Crippen LogP contribution in [0.5, 0.6) is 0 Å². The summed E-state index contributed by atoms with van der Waals surface area (Å²) >= 11 is 1.25. The summed E-state index contributed by atoms with van der Waals surface area (Å²) in [4.78, 5) is 23.5. The van der Waals surface area contributed by atoms with E-state index in [9.17, 15) is 14.7 Å². The van der Waals surface area contributed by atoms with E-state index in [0.717, 1.165) is 23.6 Å². The van der Waals surface area contributed by atoms with Crippen LogP contribution in [0, 0.1) is 0 Å². The van der Waals surface area contributed by atoms with E-state index in [-0.39, 0.29) is 5.91 Å². The molecule has 0 aliphatic heterocycles. The van der Waals surface area contributed by atoms with Gasteiger partial charge in [0.25, 0.3) is 5.91 Å². The Labute approximate surface area is 133 Å². The summed E-state index contributed by atoms with van der Waals surface area (Å²) in [5.74, 6) is -0.664. The third kappa shape index (κ3) is 4.24. The molecule has 0 saturated carbocycles. The number of amides is 1. The van der Waals surface area contributed by atoms with Gasteiger partial charge in [-0.2, -0.15) is 0 Å². The maximum Gasteiger partial charge on any atom is 0.336 e. The van der Waals surface area contributed by atoms with Gasteiger partial charge in [-0.15, -0.1) is 11.8 Å². The third-order valence-corrected chi connectivity index (χ3v) is 4.46. The molecule has 0 aliphatic rings. The number of hydrogen-bond acceptors (Lipinski definition) is 3. The number of carboxylic acid groups (broad SMARTS) is 1. The van der Waals surface area contributed by atoms with Gasteiger partial charge in [-0.05, 0) is 35.1 Å². The second kappa shape index (κ2) is 7.84. The number of carbonyl (C=O) groups is 2. The number of benzene rings is 2. The van der Waals surface area contributed by atoms with E-state index in [1.165, 1.54) is 11.8 Å². The number of unbranched alkanes of at least 4 members (excludes halogenated alkanes) is 1. The molecule has 2 N–H and O–H groups in total. The van der Waals surface area contributed by atoms with Gasteiger partial charge in [-0.3, -0.25) is 4.79 Å². The first-order valence-corrected chi connectivity index (χ1v) is 8.30. The summed E-state index contributed by atoms with van der Waals surface area (Å²) in [7, 11) is 0. The van der Waals surface area contributed by atoms with E-state index >= 15 is 0 Å². The predicted octanol–water partition coefficient (Wildman–Crippen LogP) is 3.51. The normalized spacial score (nSPS) is 12.0. The van der Waals surface area contributed by atoms with Gasteiger partial charge in [0.1, 0.15) is 0 Å². The van der Waals surface area contributed by atoms with Crippen LogP contribution in [0.3, 0.4) is 0 Å². The second-order valence-electron chi connectivity index (χ2n) is 4.98. The van der Waals surface area contributed by atoms with Crippen LogP contribution < -0.4 is 5.32 Å². The van der Waals surface area contributed by atoms with Crippen LogP contribution in [-0.2, 0) is 4.79 Å². The number of carboxylic acids is 1. The van der Waals surface area contributed by atoms with Gasteiger partial charge in [-0.25, -0.2) is 4.79 Å². The molecule has 22 heavy (non-hydrogen) atoms. The first-order chi connectivity index (χ1) is 10.6. The van der Waals surface area contributed by atoms with Crippen molar-refractivity contribution in [3.63, 3.8) is 0 Å². The Morgan fingerprint density at radius 2 is 1.91 bits per heavy atom. The van der Waals surface area contributed by atoms with Crippen molar-refractivity contribution in [1.82, 2.24) is 5.32 Å². The van der Waals surface area contributed by atoms with Crippen LogP contribution in [0.15, 0.2) is 42.5 Å². The van der Waals surface area contributed by atoms with Crippen LogP contribution >= 0.6 is 11.8 Å². The summed E-state index contributed by atoms with van der Waals surface area (Å²) in [6, 6.07) is 13.1. The molecule has 0 aromatic heterocycles. The fraction of sp³-hybridized carbons (Fsp3) is 0.294. The number of carbonyl (C=O) groups excluding carboxylic acids is 1. The van der Waals surface area contributed by atoms with Gasteiger partial charge in [0.05, 0.1) is 0 Å². The molecule has 0 bridgehead atoms. The molecule has 2 aromatic rings. The zero-order valence-electron chi connectivity index (χ0n) is 12.4. The van der Waals surface area contributed by atoms with Gasteiger partial charge >= 0.3 is 5.97 Å². The van der Waals surface area contributed by atoms with Crippen molar-refractivity contribution in [2.24, 2.45) is 0 Å². The molecule has 116 valence electrons. The quantitative estimate of drug-likeness (QED) is 0.606. The highest BCUT2D eigenvalue weighted by Gasteiger charge is 2.20. The fourth-order valence-electron chi connectivity index (χ4n) is 2.05. The van der Waals surface area contributed by atoms with E-state index in [1.807, 2.05) is 37.3 Å². The lowest BCUT2D eigenvalue weighted by Gasteiger charge is -2.14. The minimum Gasteiger partial charge on any atom is -0.479 e. The van der Waals surface area contributed by atoms with Gasteiger partial charge in [-0.1, -0.05) is 43.7 Å². The summed E-state index contributed by atoms with van der Waals surface area (Å²) in [6.45, 7) is 2.05. The summed E-state index contributed by atoms with van der Waals surface area (Å²) in [5.41, 5.74) is 0.473. The number of fused-ring (bicyclic) bond motifs is 1. The van der Waals surface area contributed by atoms with E-state index in [0.29, 0.717) is 11.3 Å². The predicted molar refractivity (Wildman–Crippen MR) is 90.2 cm³/mol. The second-order valence-corrected chi connectivity index (χ2v) is 6.19. The van der Waals surface area contributed by atoms with Crippen molar-refractivity contribution in [3.8, 4) is 0 Å². The third-order valence-electron chi connectivity index (χ3n) is 3.28. The Hall–Kier alpha value is -2.01. The highest BCUT2D eigenvalue weighted by molar-refractivity contribution is 8.00. The number of hydrogen-bond donors (Lipinski definition) is 2. The molecule has 1 atom stereocenters. The molecule has 0 saturated heterocycles. The van der Waals surface area contributed by atoms with Crippen LogP contribution in [0.25, 0.3) is 10.8 Å².